The Morgan fingerprint density at radius 3 is 2.67 bits per heavy atom. The van der Waals surface area contributed by atoms with Gasteiger partial charge < -0.3 is 9.84 Å². The van der Waals surface area contributed by atoms with Gasteiger partial charge in [0.2, 0.25) is 0 Å². The van der Waals surface area contributed by atoms with Gasteiger partial charge in [-0.15, -0.1) is 0 Å². The molecule has 0 saturated heterocycles. The lowest BCUT2D eigenvalue weighted by atomic mass is 10.2. The second kappa shape index (κ2) is 8.21. The summed E-state index contributed by atoms with van der Waals surface area (Å²) >= 11 is 0. The van der Waals surface area contributed by atoms with Crippen LogP contribution >= 0.6 is 0 Å². The van der Waals surface area contributed by atoms with Crippen LogP contribution in [0.4, 0.5) is 0 Å². The second-order valence-electron chi connectivity index (χ2n) is 3.29. The molecule has 1 aromatic carbocycles. The maximum atomic E-state index is 8.48. The van der Waals surface area contributed by atoms with E-state index in [1.807, 2.05) is 18.2 Å². The van der Waals surface area contributed by atoms with Crippen LogP contribution < -0.4 is 0 Å². The minimum absolute atomic E-state index is 0.111. The summed E-state index contributed by atoms with van der Waals surface area (Å²) < 4.78 is 5.15. The zero-order valence-electron chi connectivity index (χ0n) is 8.93. The van der Waals surface area contributed by atoms with Gasteiger partial charge in [0, 0.05) is 6.61 Å². The van der Waals surface area contributed by atoms with Crippen molar-refractivity contribution >= 4 is 6.08 Å². The lowest BCUT2D eigenvalue weighted by molar-refractivity contribution is 0.0912. The second-order valence-corrected chi connectivity index (χ2v) is 3.29. The maximum absolute atomic E-state index is 8.48. The highest BCUT2D eigenvalue weighted by molar-refractivity contribution is 5.48. The molecule has 2 nitrogen and oxygen atoms in total. The van der Waals surface area contributed by atoms with E-state index in [9.17, 15) is 0 Å². The Balaban J connectivity index is 2.07. The Morgan fingerprint density at radius 2 is 1.93 bits per heavy atom. The number of hydrogen-bond acceptors (Lipinski definition) is 2. The van der Waals surface area contributed by atoms with Crippen molar-refractivity contribution in [2.45, 2.75) is 12.8 Å². The first-order valence-electron chi connectivity index (χ1n) is 5.33. The molecule has 0 bridgehead atoms. The Kier molecular flexibility index (Phi) is 6.54. The molecule has 0 saturated carbocycles. The van der Waals surface area contributed by atoms with Crippen LogP contribution in [0.1, 0.15) is 18.4 Å². The molecule has 2 heteroatoms. The van der Waals surface area contributed by atoms with E-state index < -0.39 is 0 Å². The Hall–Kier alpha value is -1.12. The van der Waals surface area contributed by atoms with Crippen LogP contribution in [0.15, 0.2) is 36.4 Å². The lowest BCUT2D eigenvalue weighted by Gasteiger charge is -1.98. The van der Waals surface area contributed by atoms with Gasteiger partial charge in [0.25, 0.3) is 0 Å². The quantitative estimate of drug-likeness (QED) is 0.694. The number of allylic oxidation sites excluding steroid dienone is 1. The highest BCUT2D eigenvalue weighted by atomic mass is 16.5. The minimum atomic E-state index is 0.111. The summed E-state index contributed by atoms with van der Waals surface area (Å²) in [6.07, 6.45) is 6.29. The summed E-state index contributed by atoms with van der Waals surface area (Å²) in [6, 6.07) is 10.2. The van der Waals surface area contributed by atoms with Crippen LogP contribution in [-0.2, 0) is 4.74 Å². The Morgan fingerprint density at radius 1 is 1.13 bits per heavy atom. The number of hydrogen-bond donors (Lipinski definition) is 1. The van der Waals surface area contributed by atoms with Crippen molar-refractivity contribution in [2.75, 3.05) is 19.8 Å². The van der Waals surface area contributed by atoms with Gasteiger partial charge in [-0.05, 0) is 18.4 Å². The zero-order chi connectivity index (χ0) is 10.8. The largest absolute Gasteiger partial charge is 0.394 e. The number of rotatable bonds is 7. The molecular formula is C13H18O2. The molecule has 0 heterocycles. The van der Waals surface area contributed by atoms with E-state index >= 15 is 0 Å². The number of unbranched alkanes of at least 4 members (excludes halogenated alkanes) is 1. The normalized spacial score (nSPS) is 11.0. The van der Waals surface area contributed by atoms with Crippen LogP contribution in [-0.4, -0.2) is 24.9 Å². The monoisotopic (exact) mass is 206 g/mol. The molecule has 1 N–H and O–H groups in total. The SMILES string of the molecule is OCCOCCCC=Cc1ccccc1. The van der Waals surface area contributed by atoms with Crippen LogP contribution in [0.25, 0.3) is 6.08 Å². The molecule has 82 valence electrons. The molecular weight excluding hydrogens is 188 g/mol. The van der Waals surface area contributed by atoms with Gasteiger partial charge >= 0.3 is 0 Å². The number of ether oxygens (including phenoxy) is 1. The molecule has 0 aliphatic carbocycles. The summed E-state index contributed by atoms with van der Waals surface area (Å²) in [5.74, 6) is 0. The zero-order valence-corrected chi connectivity index (χ0v) is 8.93. The van der Waals surface area contributed by atoms with Crippen LogP contribution in [0.5, 0.6) is 0 Å². The molecule has 0 spiro atoms. The van der Waals surface area contributed by atoms with Crippen molar-refractivity contribution in [1.29, 1.82) is 0 Å². The first-order chi connectivity index (χ1) is 7.43. The summed E-state index contributed by atoms with van der Waals surface area (Å²) in [6.45, 7) is 1.28. The Labute approximate surface area is 91.2 Å². The molecule has 0 amide bonds. The van der Waals surface area contributed by atoms with E-state index in [4.69, 9.17) is 9.84 Å². The van der Waals surface area contributed by atoms with Gasteiger partial charge in [-0.1, -0.05) is 42.5 Å². The summed E-state index contributed by atoms with van der Waals surface area (Å²) in [4.78, 5) is 0. The third-order valence-corrected chi connectivity index (χ3v) is 2.00. The maximum Gasteiger partial charge on any atom is 0.0697 e. The van der Waals surface area contributed by atoms with E-state index in [1.54, 1.807) is 0 Å². The van der Waals surface area contributed by atoms with Crippen molar-refractivity contribution in [3.05, 3.63) is 42.0 Å². The van der Waals surface area contributed by atoms with Crippen molar-refractivity contribution < 1.29 is 9.84 Å². The number of benzene rings is 1. The summed E-state index contributed by atoms with van der Waals surface area (Å²) in [5.41, 5.74) is 1.23. The minimum Gasteiger partial charge on any atom is -0.394 e. The molecule has 1 rings (SSSR count). The third kappa shape index (κ3) is 6.05. The first kappa shape index (κ1) is 12.0. The molecule has 0 unspecified atom stereocenters. The molecule has 15 heavy (non-hydrogen) atoms. The number of aliphatic hydroxyl groups excluding tert-OH is 1. The predicted octanol–water partition coefficient (Wildman–Crippen LogP) is 2.49. The number of aliphatic hydroxyl groups is 1. The summed E-state index contributed by atoms with van der Waals surface area (Å²) in [7, 11) is 0. The van der Waals surface area contributed by atoms with Crippen molar-refractivity contribution in [3.63, 3.8) is 0 Å². The topological polar surface area (TPSA) is 29.5 Å². The average molecular weight is 206 g/mol. The van der Waals surface area contributed by atoms with Crippen molar-refractivity contribution in [2.24, 2.45) is 0 Å². The molecule has 0 fully saturated rings. The fourth-order valence-corrected chi connectivity index (χ4v) is 1.25. The van der Waals surface area contributed by atoms with E-state index in [0.29, 0.717) is 6.61 Å². The molecule has 1 aromatic rings. The first-order valence-corrected chi connectivity index (χ1v) is 5.33. The van der Waals surface area contributed by atoms with Crippen molar-refractivity contribution in [1.82, 2.24) is 0 Å². The van der Waals surface area contributed by atoms with Gasteiger partial charge in [0.15, 0.2) is 0 Å². The van der Waals surface area contributed by atoms with E-state index in [1.165, 1.54) is 5.56 Å². The molecule has 0 aliphatic rings. The Bertz CT molecular complexity index is 267. The fraction of sp³-hybridized carbons (Fsp3) is 0.385. The van der Waals surface area contributed by atoms with Crippen LogP contribution in [0.3, 0.4) is 0 Å². The molecule has 0 aliphatic heterocycles. The highest BCUT2D eigenvalue weighted by Crippen LogP contribution is 2.02. The van der Waals surface area contributed by atoms with Crippen LogP contribution in [0, 0.1) is 0 Å². The fourth-order valence-electron chi connectivity index (χ4n) is 1.25. The lowest BCUT2D eigenvalue weighted by Crippen LogP contribution is -1.99. The summed E-state index contributed by atoms with van der Waals surface area (Å²) in [5, 5.41) is 8.48. The van der Waals surface area contributed by atoms with Gasteiger partial charge in [-0.25, -0.2) is 0 Å². The van der Waals surface area contributed by atoms with Gasteiger partial charge in [0.05, 0.1) is 13.2 Å². The molecule has 0 radical (unpaired) electrons. The molecule has 0 aromatic heterocycles. The van der Waals surface area contributed by atoms with Gasteiger partial charge in [-0.2, -0.15) is 0 Å². The van der Waals surface area contributed by atoms with Gasteiger partial charge in [-0.3, -0.25) is 0 Å². The average Bonchev–Trinajstić information content (AvgIpc) is 2.29. The predicted molar refractivity (Wildman–Crippen MR) is 62.6 cm³/mol. The van der Waals surface area contributed by atoms with Gasteiger partial charge in [0.1, 0.15) is 0 Å². The third-order valence-electron chi connectivity index (χ3n) is 2.00. The molecule has 0 atom stereocenters. The standard InChI is InChI=1S/C13H18O2/c14-10-12-15-11-6-2-5-9-13-7-3-1-4-8-13/h1,3-5,7-9,14H,2,6,10-12H2. The van der Waals surface area contributed by atoms with Crippen molar-refractivity contribution in [3.8, 4) is 0 Å². The van der Waals surface area contributed by atoms with E-state index in [-0.39, 0.29) is 6.61 Å². The van der Waals surface area contributed by atoms with E-state index in [0.717, 1.165) is 19.4 Å². The smallest absolute Gasteiger partial charge is 0.0697 e. The van der Waals surface area contributed by atoms with E-state index in [2.05, 4.69) is 24.3 Å². The highest BCUT2D eigenvalue weighted by Gasteiger charge is 1.86. The van der Waals surface area contributed by atoms with Crippen LogP contribution in [0.2, 0.25) is 0 Å².